The molecule has 0 N–H and O–H groups in total. The Morgan fingerprint density at radius 3 is 2.31 bits per heavy atom. The van der Waals surface area contributed by atoms with E-state index in [1.807, 2.05) is 36.5 Å². The fourth-order valence-electron chi connectivity index (χ4n) is 2.56. The summed E-state index contributed by atoms with van der Waals surface area (Å²) in [5.74, 6) is 0.822. The van der Waals surface area contributed by atoms with Gasteiger partial charge >= 0.3 is 0 Å². The Hall–Kier alpha value is -2.39. The average Bonchev–Trinajstić information content (AvgIpc) is 2.67. The number of aliphatic imine (C=N–C) groups is 1. The summed E-state index contributed by atoms with van der Waals surface area (Å²) in [6, 6.07) is 22.7. The Labute approximate surface area is 163 Å². The summed E-state index contributed by atoms with van der Waals surface area (Å²) >= 11 is 3.53. The summed E-state index contributed by atoms with van der Waals surface area (Å²) in [5, 5.41) is 0. The van der Waals surface area contributed by atoms with Crippen molar-refractivity contribution in [1.29, 1.82) is 0 Å². The highest BCUT2D eigenvalue weighted by Gasteiger charge is 2.04. The molecule has 26 heavy (non-hydrogen) atoms. The van der Waals surface area contributed by atoms with Crippen LogP contribution in [0.15, 0.2) is 76.2 Å². The molecule has 0 radical (unpaired) electrons. The molecule has 0 unspecified atom stereocenters. The minimum absolute atomic E-state index is 0.536. The van der Waals surface area contributed by atoms with Crippen LogP contribution in [0.1, 0.15) is 29.2 Å². The minimum atomic E-state index is 0.536. The fourth-order valence-corrected chi connectivity index (χ4v) is 2.94. The van der Waals surface area contributed by atoms with Gasteiger partial charge in [-0.05, 0) is 54.8 Å². The first kappa shape index (κ1) is 18.4. The molecule has 3 heteroatoms. The van der Waals surface area contributed by atoms with Crippen molar-refractivity contribution in [2.45, 2.75) is 26.9 Å². The Morgan fingerprint density at radius 1 is 0.923 bits per heavy atom. The number of hydrogen-bond donors (Lipinski definition) is 0. The van der Waals surface area contributed by atoms with Gasteiger partial charge in [-0.15, -0.1) is 0 Å². The van der Waals surface area contributed by atoms with E-state index in [0.717, 1.165) is 33.5 Å². The number of ether oxygens (including phenoxy) is 1. The molecule has 3 aromatic rings. The Bertz CT molecular complexity index is 883. The quantitative estimate of drug-likeness (QED) is 0.419. The zero-order valence-corrected chi connectivity index (χ0v) is 16.7. The van der Waals surface area contributed by atoms with Crippen molar-refractivity contribution in [3.05, 3.63) is 93.5 Å². The predicted molar refractivity (Wildman–Crippen MR) is 113 cm³/mol. The highest BCUT2D eigenvalue weighted by atomic mass is 79.9. The van der Waals surface area contributed by atoms with Crippen LogP contribution in [-0.4, -0.2) is 6.21 Å². The standard InChI is InChI=1S/C23H22BrNO/c1-3-18-8-11-22(12-9-18)25-15-20-14-21(24)10-13-23(20)26-16-19-6-4-17(2)5-7-19/h4-15H,3,16H2,1-2H3. The molecule has 0 bridgehead atoms. The Morgan fingerprint density at radius 2 is 1.62 bits per heavy atom. The van der Waals surface area contributed by atoms with Crippen LogP contribution in [0.3, 0.4) is 0 Å². The van der Waals surface area contributed by atoms with Crippen LogP contribution in [0, 0.1) is 6.92 Å². The summed E-state index contributed by atoms with van der Waals surface area (Å²) in [6.45, 7) is 4.77. The van der Waals surface area contributed by atoms with Crippen LogP contribution in [0.4, 0.5) is 5.69 Å². The van der Waals surface area contributed by atoms with E-state index < -0.39 is 0 Å². The van der Waals surface area contributed by atoms with Crippen molar-refractivity contribution in [3.8, 4) is 5.75 Å². The first-order chi connectivity index (χ1) is 12.6. The molecule has 3 aromatic carbocycles. The molecular formula is C23H22BrNO. The van der Waals surface area contributed by atoms with Gasteiger partial charge in [-0.1, -0.05) is 64.8 Å². The Kier molecular flexibility index (Phi) is 6.24. The van der Waals surface area contributed by atoms with Gasteiger partial charge in [0.1, 0.15) is 12.4 Å². The zero-order valence-electron chi connectivity index (χ0n) is 15.1. The molecule has 0 atom stereocenters. The van der Waals surface area contributed by atoms with Crippen molar-refractivity contribution in [2.75, 3.05) is 0 Å². The van der Waals surface area contributed by atoms with E-state index in [1.54, 1.807) is 0 Å². The third kappa shape index (κ3) is 5.06. The molecule has 132 valence electrons. The monoisotopic (exact) mass is 407 g/mol. The SMILES string of the molecule is CCc1ccc(N=Cc2cc(Br)ccc2OCc2ccc(C)cc2)cc1. The molecule has 0 aliphatic rings. The number of aryl methyl sites for hydroxylation is 2. The molecule has 0 amide bonds. The van der Waals surface area contributed by atoms with Crippen LogP contribution in [-0.2, 0) is 13.0 Å². The van der Waals surface area contributed by atoms with E-state index >= 15 is 0 Å². The van der Waals surface area contributed by atoms with Crippen LogP contribution in [0.2, 0.25) is 0 Å². The van der Waals surface area contributed by atoms with Gasteiger partial charge in [-0.25, -0.2) is 0 Å². The number of benzene rings is 3. The van der Waals surface area contributed by atoms with Gasteiger partial charge in [0, 0.05) is 16.3 Å². The molecule has 0 aromatic heterocycles. The van der Waals surface area contributed by atoms with Gasteiger partial charge in [0.25, 0.3) is 0 Å². The maximum Gasteiger partial charge on any atom is 0.128 e. The number of rotatable bonds is 6. The van der Waals surface area contributed by atoms with Crippen LogP contribution in [0.25, 0.3) is 0 Å². The van der Waals surface area contributed by atoms with Gasteiger partial charge in [-0.2, -0.15) is 0 Å². The molecule has 0 fully saturated rings. The van der Waals surface area contributed by atoms with Crippen molar-refractivity contribution in [2.24, 2.45) is 4.99 Å². The van der Waals surface area contributed by atoms with Gasteiger partial charge in [0.05, 0.1) is 5.69 Å². The molecule has 0 aliphatic heterocycles. The normalized spacial score (nSPS) is 11.0. The molecule has 0 saturated heterocycles. The number of nitrogens with zero attached hydrogens (tertiary/aromatic N) is 1. The first-order valence-electron chi connectivity index (χ1n) is 8.75. The topological polar surface area (TPSA) is 21.6 Å². The smallest absolute Gasteiger partial charge is 0.128 e. The summed E-state index contributed by atoms with van der Waals surface area (Å²) in [6.07, 6.45) is 2.89. The molecule has 2 nitrogen and oxygen atoms in total. The fraction of sp³-hybridized carbons (Fsp3) is 0.174. The van der Waals surface area contributed by atoms with Crippen molar-refractivity contribution >= 4 is 27.8 Å². The van der Waals surface area contributed by atoms with Gasteiger partial charge in [-0.3, -0.25) is 4.99 Å². The average molecular weight is 408 g/mol. The molecule has 0 saturated carbocycles. The minimum Gasteiger partial charge on any atom is -0.488 e. The van der Waals surface area contributed by atoms with Crippen molar-refractivity contribution in [1.82, 2.24) is 0 Å². The highest BCUT2D eigenvalue weighted by molar-refractivity contribution is 9.10. The molecule has 0 heterocycles. The van der Waals surface area contributed by atoms with E-state index in [-0.39, 0.29) is 0 Å². The second-order valence-electron chi connectivity index (χ2n) is 6.23. The van der Waals surface area contributed by atoms with Gasteiger partial charge in [0.15, 0.2) is 0 Å². The third-order valence-electron chi connectivity index (χ3n) is 4.18. The molecular weight excluding hydrogens is 386 g/mol. The van der Waals surface area contributed by atoms with Crippen LogP contribution >= 0.6 is 15.9 Å². The van der Waals surface area contributed by atoms with Crippen LogP contribution < -0.4 is 4.74 Å². The van der Waals surface area contributed by atoms with Crippen molar-refractivity contribution in [3.63, 3.8) is 0 Å². The van der Waals surface area contributed by atoms with E-state index in [1.165, 1.54) is 11.1 Å². The predicted octanol–water partition coefficient (Wildman–Crippen LogP) is 6.65. The van der Waals surface area contributed by atoms with E-state index in [4.69, 9.17) is 4.74 Å². The number of halogens is 1. The lowest BCUT2D eigenvalue weighted by Crippen LogP contribution is -1.98. The summed E-state index contributed by atoms with van der Waals surface area (Å²) in [4.78, 5) is 4.59. The molecule has 0 spiro atoms. The molecule has 3 rings (SSSR count). The van der Waals surface area contributed by atoms with Crippen LogP contribution in [0.5, 0.6) is 5.75 Å². The zero-order chi connectivity index (χ0) is 18.4. The third-order valence-corrected chi connectivity index (χ3v) is 4.68. The summed E-state index contributed by atoms with van der Waals surface area (Å²) in [7, 11) is 0. The molecule has 0 aliphatic carbocycles. The maximum atomic E-state index is 6.03. The van der Waals surface area contributed by atoms with Crippen molar-refractivity contribution < 1.29 is 4.74 Å². The van der Waals surface area contributed by atoms with E-state index in [9.17, 15) is 0 Å². The van der Waals surface area contributed by atoms with E-state index in [2.05, 4.69) is 71.2 Å². The lowest BCUT2D eigenvalue weighted by Gasteiger charge is -2.10. The lowest BCUT2D eigenvalue weighted by molar-refractivity contribution is 0.306. The second-order valence-corrected chi connectivity index (χ2v) is 7.15. The summed E-state index contributed by atoms with van der Waals surface area (Å²) < 4.78 is 7.03. The summed E-state index contributed by atoms with van der Waals surface area (Å²) in [5.41, 5.74) is 5.60. The lowest BCUT2D eigenvalue weighted by atomic mass is 10.1. The van der Waals surface area contributed by atoms with E-state index in [0.29, 0.717) is 6.61 Å². The largest absolute Gasteiger partial charge is 0.488 e. The Balaban J connectivity index is 1.76. The number of hydrogen-bond acceptors (Lipinski definition) is 2. The van der Waals surface area contributed by atoms with Gasteiger partial charge < -0.3 is 4.74 Å². The maximum absolute atomic E-state index is 6.03. The highest BCUT2D eigenvalue weighted by Crippen LogP contribution is 2.24. The first-order valence-corrected chi connectivity index (χ1v) is 9.54. The van der Waals surface area contributed by atoms with Gasteiger partial charge in [0.2, 0.25) is 0 Å². The second kappa shape index (κ2) is 8.81.